The van der Waals surface area contributed by atoms with Crippen LogP contribution in [0.2, 0.25) is 0 Å². The molecule has 0 aromatic heterocycles. The first-order valence-electron chi connectivity index (χ1n) is 1.34. The summed E-state index contributed by atoms with van der Waals surface area (Å²) >= 11 is 1.21. The quantitative estimate of drug-likeness (QED) is 0.593. The van der Waals surface area contributed by atoms with E-state index in [0.717, 1.165) is 5.75 Å². The van der Waals surface area contributed by atoms with E-state index in [1.54, 1.807) is 8.85 Å². The van der Waals surface area contributed by atoms with Crippen LogP contribution in [-0.2, 0) is 0 Å². The summed E-state index contributed by atoms with van der Waals surface area (Å²) in [5, 5.41) is 8.07. The average molecular weight is 201 g/mol. The minimum atomic E-state index is 0.339. The summed E-state index contributed by atoms with van der Waals surface area (Å²) in [4.78, 5) is 0. The normalized spacial score (nSPS) is 8.40. The van der Waals surface area contributed by atoms with Gasteiger partial charge < -0.3 is 0 Å². The molecule has 1 nitrogen and oxygen atoms in total. The van der Waals surface area contributed by atoms with Gasteiger partial charge in [-0.25, -0.2) is 0 Å². The summed E-state index contributed by atoms with van der Waals surface area (Å²) in [6, 6.07) is 0. The first-order valence-corrected chi connectivity index (χ1v) is 6.43. The molecule has 0 bridgehead atoms. The second kappa shape index (κ2) is 5.13. The second-order valence-corrected chi connectivity index (χ2v) is 4.19. The molecule has 0 amide bonds. The molecule has 0 aliphatic carbocycles. The summed E-state index contributed by atoms with van der Waals surface area (Å²) in [7, 11) is 1.78. The van der Waals surface area contributed by atoms with E-state index >= 15 is 0 Å². The van der Waals surface area contributed by atoms with Crippen LogP contribution in [0.1, 0.15) is 0 Å². The van der Waals surface area contributed by atoms with E-state index in [1.807, 2.05) is 0 Å². The van der Waals surface area contributed by atoms with E-state index in [9.17, 15) is 0 Å². The molecule has 0 unspecified atom stereocenters. The van der Waals surface area contributed by atoms with Crippen LogP contribution >= 0.6 is 8.85 Å². The standard InChI is InChI=1S/C2H6OS.Sb.2H/c3-1-2-4;;;/h3-4H,1-2H2;;;/q;+1;;/p-1. The molecule has 0 spiro atoms. The van der Waals surface area contributed by atoms with Gasteiger partial charge in [0, 0.05) is 0 Å². The Hall–Kier alpha value is 1.13. The van der Waals surface area contributed by atoms with E-state index < -0.39 is 0 Å². The molecule has 5 heavy (non-hydrogen) atoms. The number of hydrogen-bond donors (Lipinski definition) is 1. The molecule has 0 rings (SSSR count). The molecule has 0 aromatic carbocycles. The summed E-state index contributed by atoms with van der Waals surface area (Å²) in [6.07, 6.45) is 0. The zero-order valence-electron chi connectivity index (χ0n) is 2.85. The van der Waals surface area contributed by atoms with Crippen molar-refractivity contribution in [1.29, 1.82) is 0 Å². The molecular weight excluding hydrogens is 194 g/mol. The van der Waals surface area contributed by atoms with Crippen LogP contribution in [0.3, 0.4) is 0 Å². The van der Waals surface area contributed by atoms with Crippen molar-refractivity contribution >= 4 is 30.5 Å². The Labute approximate surface area is 48.0 Å². The Balaban J connectivity index is 2.19. The molecule has 0 saturated carbocycles. The zero-order valence-corrected chi connectivity index (χ0v) is 6.96. The molecule has 0 saturated heterocycles. The van der Waals surface area contributed by atoms with Gasteiger partial charge in [0.2, 0.25) is 0 Å². The van der Waals surface area contributed by atoms with Gasteiger partial charge in [0.25, 0.3) is 0 Å². The summed E-state index contributed by atoms with van der Waals surface area (Å²) in [5.74, 6) is 0.919. The molecule has 32 valence electrons. The van der Waals surface area contributed by atoms with Gasteiger partial charge in [-0.3, -0.25) is 0 Å². The monoisotopic (exact) mass is 200 g/mol. The zero-order chi connectivity index (χ0) is 4.12. The van der Waals surface area contributed by atoms with E-state index in [4.69, 9.17) is 5.11 Å². The first kappa shape index (κ1) is 6.13. The fourth-order valence-corrected chi connectivity index (χ4v) is 1.06. The summed E-state index contributed by atoms with van der Waals surface area (Å²) in [5.41, 5.74) is 0. The third-order valence-corrected chi connectivity index (χ3v) is 2.65. The molecule has 1 N–H and O–H groups in total. The molecule has 3 heteroatoms. The average Bonchev–Trinajstić information content (AvgIpc) is 1.41. The van der Waals surface area contributed by atoms with Crippen molar-refractivity contribution in [3.8, 4) is 0 Å². The van der Waals surface area contributed by atoms with E-state index in [2.05, 4.69) is 0 Å². The third-order valence-electron chi connectivity index (χ3n) is 0.209. The van der Waals surface area contributed by atoms with Crippen LogP contribution in [0.15, 0.2) is 0 Å². The predicted molar refractivity (Wildman–Crippen MR) is 28.1 cm³/mol. The number of aliphatic hydroxyl groups excluding tert-OH is 1. The maximum atomic E-state index is 8.07. The van der Waals surface area contributed by atoms with Crippen LogP contribution in [0.4, 0.5) is 0 Å². The number of rotatable bonds is 2. The van der Waals surface area contributed by atoms with E-state index in [1.165, 1.54) is 21.6 Å². The molecule has 0 radical (unpaired) electrons. The van der Waals surface area contributed by atoms with Crippen LogP contribution in [-0.4, -0.2) is 39.1 Å². The first-order chi connectivity index (χ1) is 2.41. The molecule has 0 atom stereocenters. The summed E-state index contributed by atoms with van der Waals surface area (Å²) < 4.78 is 0. The number of aliphatic hydroxyl groups is 1. The molecular formula is C2H7OSSb. The Morgan fingerprint density at radius 1 is 1.80 bits per heavy atom. The van der Waals surface area contributed by atoms with E-state index in [-0.39, 0.29) is 0 Å². The minimum absolute atomic E-state index is 0.339. The van der Waals surface area contributed by atoms with Gasteiger partial charge in [-0.2, -0.15) is 0 Å². The molecule has 0 aromatic rings. The predicted octanol–water partition coefficient (Wildman–Crippen LogP) is -0.740. The molecule has 0 fully saturated rings. The van der Waals surface area contributed by atoms with Gasteiger partial charge in [0.05, 0.1) is 0 Å². The van der Waals surface area contributed by atoms with Crippen molar-refractivity contribution < 1.29 is 5.11 Å². The fourth-order valence-electron chi connectivity index (χ4n) is 0.0527. The van der Waals surface area contributed by atoms with Crippen LogP contribution in [0, 0.1) is 0 Å². The van der Waals surface area contributed by atoms with Crippen molar-refractivity contribution in [3.05, 3.63) is 0 Å². The van der Waals surface area contributed by atoms with Crippen molar-refractivity contribution in [2.45, 2.75) is 0 Å². The second-order valence-electron chi connectivity index (χ2n) is 0.594. The van der Waals surface area contributed by atoms with Crippen molar-refractivity contribution in [3.63, 3.8) is 0 Å². The third kappa shape index (κ3) is 5.13. The van der Waals surface area contributed by atoms with Crippen molar-refractivity contribution in [2.24, 2.45) is 0 Å². The number of hydrogen-bond acceptors (Lipinski definition) is 2. The topological polar surface area (TPSA) is 20.2 Å². The molecule has 0 aliphatic rings. The van der Waals surface area contributed by atoms with Gasteiger partial charge in [-0.15, -0.1) is 0 Å². The summed E-state index contributed by atoms with van der Waals surface area (Å²) in [6.45, 7) is 0.339. The van der Waals surface area contributed by atoms with Crippen LogP contribution < -0.4 is 0 Å². The van der Waals surface area contributed by atoms with Crippen LogP contribution in [0.5, 0.6) is 0 Å². The molecule has 0 aliphatic heterocycles. The van der Waals surface area contributed by atoms with Gasteiger partial charge in [0.15, 0.2) is 0 Å². The van der Waals surface area contributed by atoms with Gasteiger partial charge in [-0.1, -0.05) is 0 Å². The Kier molecular flexibility index (Phi) is 6.29. The van der Waals surface area contributed by atoms with Gasteiger partial charge in [-0.05, 0) is 0 Å². The molecule has 0 heterocycles. The fraction of sp³-hybridized carbons (Fsp3) is 1.00. The van der Waals surface area contributed by atoms with Gasteiger partial charge in [0.1, 0.15) is 0 Å². The Morgan fingerprint density at radius 2 is 2.40 bits per heavy atom. The van der Waals surface area contributed by atoms with Crippen LogP contribution in [0.25, 0.3) is 0 Å². The Morgan fingerprint density at radius 3 is 2.40 bits per heavy atom. The Bertz CT molecular complexity index is 17.1. The van der Waals surface area contributed by atoms with Crippen molar-refractivity contribution in [2.75, 3.05) is 12.4 Å². The van der Waals surface area contributed by atoms with Crippen molar-refractivity contribution in [1.82, 2.24) is 0 Å². The maximum absolute atomic E-state index is 8.07. The van der Waals surface area contributed by atoms with E-state index in [0.29, 0.717) is 6.61 Å². The SMILES string of the molecule is OCC[S][SbH2]. The van der Waals surface area contributed by atoms with Gasteiger partial charge >= 0.3 is 47.9 Å².